The summed E-state index contributed by atoms with van der Waals surface area (Å²) in [6.07, 6.45) is -0.353. The van der Waals surface area contributed by atoms with Gasteiger partial charge in [0.1, 0.15) is 0 Å². The summed E-state index contributed by atoms with van der Waals surface area (Å²) < 4.78 is 0. The van der Waals surface area contributed by atoms with Crippen molar-refractivity contribution in [2.24, 2.45) is 5.73 Å². The van der Waals surface area contributed by atoms with Crippen molar-refractivity contribution in [2.75, 3.05) is 25.0 Å². The van der Waals surface area contributed by atoms with Crippen LogP contribution in [0.25, 0.3) is 0 Å². The number of carbonyl (C=O) groups excluding carboxylic acids is 1. The van der Waals surface area contributed by atoms with E-state index >= 15 is 0 Å². The van der Waals surface area contributed by atoms with Crippen molar-refractivity contribution in [1.82, 2.24) is 5.32 Å². The molecule has 6 heteroatoms. The maximum absolute atomic E-state index is 11.0. The molecule has 1 unspecified atom stereocenters. The van der Waals surface area contributed by atoms with Crippen LogP contribution in [0.3, 0.4) is 0 Å². The number of primary amides is 1. The van der Waals surface area contributed by atoms with Crippen LogP contribution in [0.1, 0.15) is 17.3 Å². The Balaban J connectivity index is 2.39. The Kier molecular flexibility index (Phi) is 5.91. The van der Waals surface area contributed by atoms with E-state index in [-0.39, 0.29) is 6.10 Å². The van der Waals surface area contributed by atoms with Gasteiger partial charge in [-0.2, -0.15) is 0 Å². The van der Waals surface area contributed by atoms with Crippen molar-refractivity contribution in [3.8, 4) is 0 Å². The smallest absolute Gasteiger partial charge is 0.250 e. The number of aliphatic hydroxyl groups excluding tert-OH is 1. The quantitative estimate of drug-likeness (QED) is 0.553. The van der Waals surface area contributed by atoms with E-state index in [2.05, 4.69) is 10.6 Å². The van der Waals surface area contributed by atoms with Crippen molar-refractivity contribution in [3.63, 3.8) is 0 Å². The van der Waals surface area contributed by atoms with Gasteiger partial charge in [-0.25, -0.2) is 0 Å². The first-order chi connectivity index (χ1) is 8.50. The zero-order valence-corrected chi connectivity index (χ0v) is 11.0. The van der Waals surface area contributed by atoms with Gasteiger partial charge in [0.05, 0.1) is 16.7 Å². The van der Waals surface area contributed by atoms with Crippen LogP contribution in [0, 0.1) is 0 Å². The number of amides is 1. The minimum absolute atomic E-state index is 0.314. The van der Waals surface area contributed by atoms with E-state index in [0.29, 0.717) is 23.7 Å². The fraction of sp³-hybridized carbons (Fsp3) is 0.417. The SMILES string of the molecule is CC(O)CNCCNc1ccc(C(N)=O)c(Cl)c1. The van der Waals surface area contributed by atoms with Crippen LogP contribution in [-0.4, -0.2) is 36.8 Å². The molecule has 1 atom stereocenters. The molecule has 0 heterocycles. The molecule has 0 bridgehead atoms. The Morgan fingerprint density at radius 3 is 2.78 bits per heavy atom. The standard InChI is InChI=1S/C12H18ClN3O2/c1-8(17)7-15-4-5-16-9-2-3-10(12(14)18)11(13)6-9/h2-3,6,8,15-17H,4-5,7H2,1H3,(H2,14,18). The number of carbonyl (C=O) groups is 1. The normalized spacial score (nSPS) is 12.2. The molecule has 5 nitrogen and oxygen atoms in total. The van der Waals surface area contributed by atoms with E-state index in [1.54, 1.807) is 25.1 Å². The molecule has 1 amide bonds. The molecule has 18 heavy (non-hydrogen) atoms. The molecule has 0 spiro atoms. The summed E-state index contributed by atoms with van der Waals surface area (Å²) in [5, 5.41) is 15.6. The largest absolute Gasteiger partial charge is 0.392 e. The number of rotatable bonds is 7. The first-order valence-corrected chi connectivity index (χ1v) is 6.10. The van der Waals surface area contributed by atoms with Gasteiger partial charge in [0.25, 0.3) is 0 Å². The highest BCUT2D eigenvalue weighted by Gasteiger charge is 2.06. The third-order valence-corrected chi connectivity index (χ3v) is 2.62. The second-order valence-corrected chi connectivity index (χ2v) is 4.45. The van der Waals surface area contributed by atoms with Crippen molar-refractivity contribution < 1.29 is 9.90 Å². The first-order valence-electron chi connectivity index (χ1n) is 5.72. The first kappa shape index (κ1) is 14.8. The minimum atomic E-state index is -0.537. The number of halogens is 1. The molecule has 1 aromatic carbocycles. The van der Waals surface area contributed by atoms with Crippen molar-refractivity contribution in [1.29, 1.82) is 0 Å². The van der Waals surface area contributed by atoms with Crippen LogP contribution < -0.4 is 16.4 Å². The Morgan fingerprint density at radius 1 is 1.50 bits per heavy atom. The van der Waals surface area contributed by atoms with Gasteiger partial charge in [0.2, 0.25) is 5.91 Å². The fourth-order valence-corrected chi connectivity index (χ4v) is 1.70. The molecule has 0 fully saturated rings. The Morgan fingerprint density at radius 2 is 2.22 bits per heavy atom. The predicted molar refractivity (Wildman–Crippen MR) is 73.0 cm³/mol. The number of benzene rings is 1. The topological polar surface area (TPSA) is 87.4 Å². The lowest BCUT2D eigenvalue weighted by Crippen LogP contribution is -2.28. The number of hydrogen-bond acceptors (Lipinski definition) is 4. The molecular weight excluding hydrogens is 254 g/mol. The molecule has 0 aliphatic heterocycles. The summed E-state index contributed by atoms with van der Waals surface area (Å²) in [6.45, 7) is 3.70. The van der Waals surface area contributed by atoms with E-state index in [4.69, 9.17) is 22.4 Å². The van der Waals surface area contributed by atoms with Crippen LogP contribution in [0.2, 0.25) is 5.02 Å². The van der Waals surface area contributed by atoms with Crippen LogP contribution in [0.15, 0.2) is 18.2 Å². The second-order valence-electron chi connectivity index (χ2n) is 4.04. The molecule has 1 rings (SSSR count). The lowest BCUT2D eigenvalue weighted by Gasteiger charge is -2.10. The highest BCUT2D eigenvalue weighted by molar-refractivity contribution is 6.34. The minimum Gasteiger partial charge on any atom is -0.392 e. The van der Waals surface area contributed by atoms with E-state index in [1.165, 1.54) is 0 Å². The molecular formula is C12H18ClN3O2. The molecule has 5 N–H and O–H groups in total. The molecule has 1 aromatic rings. The maximum Gasteiger partial charge on any atom is 0.250 e. The summed E-state index contributed by atoms with van der Waals surface area (Å²) in [5.41, 5.74) is 6.29. The number of hydrogen-bond donors (Lipinski definition) is 4. The van der Waals surface area contributed by atoms with E-state index in [0.717, 1.165) is 12.2 Å². The molecule has 0 saturated carbocycles. The third kappa shape index (κ3) is 4.91. The molecule has 0 radical (unpaired) electrons. The lowest BCUT2D eigenvalue weighted by atomic mass is 10.2. The number of anilines is 1. The zero-order chi connectivity index (χ0) is 13.5. The van der Waals surface area contributed by atoms with Gasteiger partial charge >= 0.3 is 0 Å². The summed E-state index contributed by atoms with van der Waals surface area (Å²) in [6, 6.07) is 5.01. The van der Waals surface area contributed by atoms with Gasteiger partial charge in [-0.3, -0.25) is 4.79 Å². The lowest BCUT2D eigenvalue weighted by molar-refractivity contribution is 0.100. The van der Waals surface area contributed by atoms with Crippen LogP contribution >= 0.6 is 11.6 Å². The molecule has 0 aliphatic rings. The highest BCUT2D eigenvalue weighted by atomic mass is 35.5. The van der Waals surface area contributed by atoms with Gasteiger partial charge in [0, 0.05) is 25.3 Å². The highest BCUT2D eigenvalue weighted by Crippen LogP contribution is 2.20. The Bertz CT molecular complexity index is 410. The van der Waals surface area contributed by atoms with Crippen LogP contribution in [0.5, 0.6) is 0 Å². The van der Waals surface area contributed by atoms with Crippen molar-refractivity contribution in [3.05, 3.63) is 28.8 Å². The molecule has 0 aromatic heterocycles. The van der Waals surface area contributed by atoms with Crippen molar-refractivity contribution >= 4 is 23.2 Å². The average Bonchev–Trinajstić information content (AvgIpc) is 2.27. The van der Waals surface area contributed by atoms with Crippen molar-refractivity contribution in [2.45, 2.75) is 13.0 Å². The summed E-state index contributed by atoms with van der Waals surface area (Å²) in [5.74, 6) is -0.537. The second kappa shape index (κ2) is 7.20. The average molecular weight is 272 g/mol. The van der Waals surface area contributed by atoms with Gasteiger partial charge in [-0.15, -0.1) is 0 Å². The monoisotopic (exact) mass is 271 g/mol. The summed E-state index contributed by atoms with van der Waals surface area (Å²) >= 11 is 5.92. The number of nitrogens with one attached hydrogen (secondary N) is 2. The predicted octanol–water partition coefficient (Wildman–Crippen LogP) is 0.821. The zero-order valence-electron chi connectivity index (χ0n) is 10.2. The van der Waals surface area contributed by atoms with E-state index in [9.17, 15) is 4.79 Å². The van der Waals surface area contributed by atoms with Gasteiger partial charge in [-0.05, 0) is 25.1 Å². The number of nitrogens with two attached hydrogens (primary N) is 1. The van der Waals surface area contributed by atoms with Gasteiger partial charge < -0.3 is 21.5 Å². The Labute approximate surface area is 111 Å². The molecule has 100 valence electrons. The van der Waals surface area contributed by atoms with Crippen LogP contribution in [0.4, 0.5) is 5.69 Å². The third-order valence-electron chi connectivity index (χ3n) is 2.31. The van der Waals surface area contributed by atoms with E-state index in [1.807, 2.05) is 0 Å². The molecule has 0 aliphatic carbocycles. The number of aliphatic hydroxyl groups is 1. The van der Waals surface area contributed by atoms with Gasteiger partial charge in [-0.1, -0.05) is 11.6 Å². The van der Waals surface area contributed by atoms with E-state index < -0.39 is 5.91 Å². The molecule has 0 saturated heterocycles. The Hall–Kier alpha value is -1.30. The van der Waals surface area contributed by atoms with Crippen LogP contribution in [-0.2, 0) is 0 Å². The summed E-state index contributed by atoms with van der Waals surface area (Å²) in [7, 11) is 0. The maximum atomic E-state index is 11.0. The summed E-state index contributed by atoms with van der Waals surface area (Å²) in [4.78, 5) is 11.0. The fourth-order valence-electron chi connectivity index (χ4n) is 1.43. The van der Waals surface area contributed by atoms with Gasteiger partial charge in [0.15, 0.2) is 0 Å².